The van der Waals surface area contributed by atoms with Crippen molar-refractivity contribution in [1.82, 2.24) is 9.55 Å². The summed E-state index contributed by atoms with van der Waals surface area (Å²) in [6.07, 6.45) is 6.07. The molecule has 0 saturated carbocycles. The molecule has 0 amide bonds. The first-order valence-electron chi connectivity index (χ1n) is 5.67. The van der Waals surface area contributed by atoms with Crippen LogP contribution >= 0.6 is 0 Å². The Hall–Kier alpha value is -0.870. The Morgan fingerprint density at radius 3 is 3.27 bits per heavy atom. The summed E-state index contributed by atoms with van der Waals surface area (Å²) in [4.78, 5) is 4.34. The molecule has 1 fully saturated rings. The molecule has 84 valence electrons. The van der Waals surface area contributed by atoms with Crippen molar-refractivity contribution in [2.75, 3.05) is 13.2 Å². The standard InChI is InChI=1S/C11H19N3O/c1-2-14-6-5-13-11(14)10(12)9-4-3-7-15-8-9/h5-6,9-10H,2-4,7-8,12H2,1H3/t9-,10-/m1/s1. The number of hydrogen-bond acceptors (Lipinski definition) is 3. The van der Waals surface area contributed by atoms with Crippen LogP contribution in [0.2, 0.25) is 0 Å². The molecule has 1 aliphatic heterocycles. The number of ether oxygens (including phenoxy) is 1. The van der Waals surface area contributed by atoms with Crippen LogP contribution in [0.5, 0.6) is 0 Å². The molecule has 1 aliphatic rings. The molecule has 2 heterocycles. The molecule has 0 unspecified atom stereocenters. The lowest BCUT2D eigenvalue weighted by Crippen LogP contribution is -2.31. The van der Waals surface area contributed by atoms with Gasteiger partial charge in [-0.25, -0.2) is 4.98 Å². The Balaban J connectivity index is 2.08. The topological polar surface area (TPSA) is 53.1 Å². The van der Waals surface area contributed by atoms with Crippen molar-refractivity contribution in [3.63, 3.8) is 0 Å². The average Bonchev–Trinajstić information content (AvgIpc) is 2.77. The normalized spacial score (nSPS) is 24.0. The quantitative estimate of drug-likeness (QED) is 0.817. The van der Waals surface area contributed by atoms with Gasteiger partial charge in [-0.2, -0.15) is 0 Å². The van der Waals surface area contributed by atoms with E-state index in [1.807, 2.05) is 12.4 Å². The Kier molecular flexibility index (Phi) is 3.38. The molecule has 2 rings (SSSR count). The largest absolute Gasteiger partial charge is 0.381 e. The van der Waals surface area contributed by atoms with Crippen LogP contribution in [0.15, 0.2) is 12.4 Å². The third-order valence-electron chi connectivity index (χ3n) is 3.09. The van der Waals surface area contributed by atoms with Crippen molar-refractivity contribution >= 4 is 0 Å². The number of nitrogens with two attached hydrogens (primary N) is 1. The maximum Gasteiger partial charge on any atom is 0.125 e. The van der Waals surface area contributed by atoms with E-state index in [1.54, 1.807) is 0 Å². The monoisotopic (exact) mass is 209 g/mol. The summed E-state index contributed by atoms with van der Waals surface area (Å²) in [5.74, 6) is 1.42. The Morgan fingerprint density at radius 1 is 1.73 bits per heavy atom. The lowest BCUT2D eigenvalue weighted by molar-refractivity contribution is 0.0432. The van der Waals surface area contributed by atoms with Crippen LogP contribution in [0.3, 0.4) is 0 Å². The van der Waals surface area contributed by atoms with Crippen LogP contribution in [0, 0.1) is 5.92 Å². The third kappa shape index (κ3) is 2.21. The first-order chi connectivity index (χ1) is 7.33. The second kappa shape index (κ2) is 4.77. The predicted molar refractivity (Wildman–Crippen MR) is 58.4 cm³/mol. The van der Waals surface area contributed by atoms with Gasteiger partial charge in [-0.3, -0.25) is 0 Å². The summed E-state index contributed by atoms with van der Waals surface area (Å²) < 4.78 is 7.57. The van der Waals surface area contributed by atoms with Gasteiger partial charge in [0.05, 0.1) is 12.6 Å². The molecule has 15 heavy (non-hydrogen) atoms. The van der Waals surface area contributed by atoms with E-state index < -0.39 is 0 Å². The van der Waals surface area contributed by atoms with Crippen molar-refractivity contribution < 1.29 is 4.74 Å². The zero-order chi connectivity index (χ0) is 10.7. The number of imidazole rings is 1. The number of hydrogen-bond donors (Lipinski definition) is 1. The smallest absolute Gasteiger partial charge is 0.125 e. The molecule has 0 aromatic carbocycles. The van der Waals surface area contributed by atoms with Crippen molar-refractivity contribution in [2.45, 2.75) is 32.4 Å². The van der Waals surface area contributed by atoms with Crippen LogP contribution in [-0.2, 0) is 11.3 Å². The maximum absolute atomic E-state index is 6.23. The van der Waals surface area contributed by atoms with Crippen LogP contribution in [0.1, 0.15) is 31.6 Å². The first kappa shape index (κ1) is 10.6. The van der Waals surface area contributed by atoms with Crippen molar-refractivity contribution in [3.8, 4) is 0 Å². The summed E-state index contributed by atoms with van der Waals surface area (Å²) >= 11 is 0. The Morgan fingerprint density at radius 2 is 2.60 bits per heavy atom. The van der Waals surface area contributed by atoms with Crippen molar-refractivity contribution in [2.24, 2.45) is 11.7 Å². The fraction of sp³-hybridized carbons (Fsp3) is 0.727. The maximum atomic E-state index is 6.23. The lowest BCUT2D eigenvalue weighted by atomic mass is 9.94. The minimum atomic E-state index is 0.0141. The molecular weight excluding hydrogens is 190 g/mol. The predicted octanol–water partition coefficient (Wildman–Crippen LogP) is 1.33. The summed E-state index contributed by atoms with van der Waals surface area (Å²) in [6, 6.07) is 0.0141. The summed E-state index contributed by atoms with van der Waals surface area (Å²) in [5.41, 5.74) is 6.23. The highest BCUT2D eigenvalue weighted by Crippen LogP contribution is 2.25. The van der Waals surface area contributed by atoms with Gasteiger partial charge in [0.15, 0.2) is 0 Å². The van der Waals surface area contributed by atoms with Gasteiger partial charge in [-0.1, -0.05) is 0 Å². The second-order valence-corrected chi connectivity index (χ2v) is 4.07. The van der Waals surface area contributed by atoms with Gasteiger partial charge in [0.25, 0.3) is 0 Å². The third-order valence-corrected chi connectivity index (χ3v) is 3.09. The van der Waals surface area contributed by atoms with Gasteiger partial charge in [-0.15, -0.1) is 0 Å². The van der Waals surface area contributed by atoms with Crippen molar-refractivity contribution in [3.05, 3.63) is 18.2 Å². The van der Waals surface area contributed by atoms with Crippen LogP contribution in [-0.4, -0.2) is 22.8 Å². The zero-order valence-electron chi connectivity index (χ0n) is 9.22. The zero-order valence-corrected chi connectivity index (χ0v) is 9.22. The molecule has 2 atom stereocenters. The molecule has 0 spiro atoms. The molecule has 1 saturated heterocycles. The summed E-state index contributed by atoms with van der Waals surface area (Å²) in [5, 5.41) is 0. The highest BCUT2D eigenvalue weighted by molar-refractivity contribution is 5.00. The number of aromatic nitrogens is 2. The van der Waals surface area contributed by atoms with E-state index in [0.717, 1.165) is 38.4 Å². The highest BCUT2D eigenvalue weighted by Gasteiger charge is 2.25. The molecule has 4 heteroatoms. The highest BCUT2D eigenvalue weighted by atomic mass is 16.5. The Labute approximate surface area is 90.4 Å². The minimum absolute atomic E-state index is 0.0141. The molecule has 4 nitrogen and oxygen atoms in total. The summed E-state index contributed by atoms with van der Waals surface area (Å²) in [7, 11) is 0. The van der Waals surface area contributed by atoms with Gasteiger partial charge in [0.1, 0.15) is 5.82 Å². The number of aryl methyl sites for hydroxylation is 1. The fourth-order valence-corrected chi connectivity index (χ4v) is 2.15. The van der Waals surface area contributed by atoms with E-state index in [-0.39, 0.29) is 6.04 Å². The molecule has 1 aromatic heterocycles. The van der Waals surface area contributed by atoms with Crippen LogP contribution in [0.25, 0.3) is 0 Å². The van der Waals surface area contributed by atoms with E-state index in [0.29, 0.717) is 5.92 Å². The average molecular weight is 209 g/mol. The Bertz CT molecular complexity index is 305. The van der Waals surface area contributed by atoms with Crippen LogP contribution < -0.4 is 5.73 Å². The van der Waals surface area contributed by atoms with Gasteiger partial charge >= 0.3 is 0 Å². The molecule has 0 bridgehead atoms. The van der Waals surface area contributed by atoms with Gasteiger partial charge in [0.2, 0.25) is 0 Å². The van der Waals surface area contributed by atoms with Gasteiger partial charge in [0, 0.05) is 31.5 Å². The molecule has 0 radical (unpaired) electrons. The molecular formula is C11H19N3O. The van der Waals surface area contributed by atoms with E-state index in [2.05, 4.69) is 16.5 Å². The van der Waals surface area contributed by atoms with Gasteiger partial charge < -0.3 is 15.0 Å². The fourth-order valence-electron chi connectivity index (χ4n) is 2.15. The molecule has 0 aliphatic carbocycles. The minimum Gasteiger partial charge on any atom is -0.381 e. The first-order valence-corrected chi connectivity index (χ1v) is 5.67. The number of nitrogens with zero attached hydrogens (tertiary/aromatic N) is 2. The molecule has 1 aromatic rings. The van der Waals surface area contributed by atoms with E-state index >= 15 is 0 Å². The number of rotatable bonds is 3. The van der Waals surface area contributed by atoms with E-state index in [1.165, 1.54) is 0 Å². The SMILES string of the molecule is CCn1ccnc1[C@H](N)[C@@H]1CCCOC1. The second-order valence-electron chi connectivity index (χ2n) is 4.07. The van der Waals surface area contributed by atoms with E-state index in [9.17, 15) is 0 Å². The van der Waals surface area contributed by atoms with Crippen LogP contribution in [0.4, 0.5) is 0 Å². The van der Waals surface area contributed by atoms with Crippen molar-refractivity contribution in [1.29, 1.82) is 0 Å². The van der Waals surface area contributed by atoms with E-state index in [4.69, 9.17) is 10.5 Å². The lowest BCUT2D eigenvalue weighted by Gasteiger charge is -2.27. The van der Waals surface area contributed by atoms with Gasteiger partial charge in [-0.05, 0) is 19.8 Å². The summed E-state index contributed by atoms with van der Waals surface area (Å²) in [6.45, 7) is 4.69. The molecule has 2 N–H and O–H groups in total.